The summed E-state index contributed by atoms with van der Waals surface area (Å²) in [5, 5.41) is 2.07. The standard InChI is InChI=1S/C12H10FNO3/c1-6-4-7-2-3-12(9(7)8(13)5-6)10(15)14-11(16)17-12/h4-5H,2-3H2,1H3,(H,14,15,16). The number of halogens is 1. The molecule has 1 unspecified atom stereocenters. The summed E-state index contributed by atoms with van der Waals surface area (Å²) in [5.41, 5.74) is 0.311. The molecular formula is C12H10FNO3. The van der Waals surface area contributed by atoms with Crippen LogP contribution in [-0.2, 0) is 21.6 Å². The van der Waals surface area contributed by atoms with Crippen molar-refractivity contribution >= 4 is 12.0 Å². The summed E-state index contributed by atoms with van der Waals surface area (Å²) in [6.45, 7) is 1.79. The van der Waals surface area contributed by atoms with Crippen LogP contribution in [0.5, 0.6) is 0 Å². The van der Waals surface area contributed by atoms with Gasteiger partial charge in [0.25, 0.3) is 5.91 Å². The van der Waals surface area contributed by atoms with Crippen molar-refractivity contribution in [2.45, 2.75) is 25.4 Å². The van der Waals surface area contributed by atoms with E-state index in [0.29, 0.717) is 12.8 Å². The van der Waals surface area contributed by atoms with Gasteiger partial charge in [0, 0.05) is 12.0 Å². The van der Waals surface area contributed by atoms with Crippen LogP contribution in [0, 0.1) is 12.7 Å². The molecule has 1 aromatic rings. The zero-order chi connectivity index (χ0) is 12.2. The molecule has 0 bridgehead atoms. The van der Waals surface area contributed by atoms with Crippen LogP contribution in [-0.4, -0.2) is 12.0 Å². The second kappa shape index (κ2) is 3.06. The molecule has 1 N–H and O–H groups in total. The van der Waals surface area contributed by atoms with Gasteiger partial charge in [-0.05, 0) is 30.5 Å². The van der Waals surface area contributed by atoms with E-state index in [1.807, 2.05) is 6.07 Å². The second-order valence-electron chi connectivity index (χ2n) is 4.45. The van der Waals surface area contributed by atoms with Gasteiger partial charge in [0.1, 0.15) is 5.82 Å². The van der Waals surface area contributed by atoms with Gasteiger partial charge in [-0.25, -0.2) is 9.18 Å². The van der Waals surface area contributed by atoms with Crippen LogP contribution in [0.25, 0.3) is 0 Å². The lowest BCUT2D eigenvalue weighted by Gasteiger charge is -2.20. The maximum atomic E-state index is 14.0. The van der Waals surface area contributed by atoms with E-state index < -0.39 is 23.4 Å². The minimum absolute atomic E-state index is 0.214. The Balaban J connectivity index is 2.22. The summed E-state index contributed by atoms with van der Waals surface area (Å²) in [6.07, 6.45) is 0.0392. The average Bonchev–Trinajstić information content (AvgIpc) is 2.70. The van der Waals surface area contributed by atoms with Gasteiger partial charge in [0.15, 0.2) is 0 Å². The van der Waals surface area contributed by atoms with Gasteiger partial charge in [-0.2, -0.15) is 0 Å². The topological polar surface area (TPSA) is 55.4 Å². The molecule has 1 aromatic carbocycles. The minimum Gasteiger partial charge on any atom is -0.427 e. The summed E-state index contributed by atoms with van der Waals surface area (Å²) in [6, 6.07) is 3.18. The van der Waals surface area contributed by atoms with Crippen LogP contribution >= 0.6 is 0 Å². The highest BCUT2D eigenvalue weighted by atomic mass is 19.1. The lowest BCUT2D eigenvalue weighted by atomic mass is 9.94. The molecule has 0 saturated carbocycles. The van der Waals surface area contributed by atoms with E-state index in [1.54, 1.807) is 6.92 Å². The molecule has 1 saturated heterocycles. The predicted molar refractivity (Wildman–Crippen MR) is 55.8 cm³/mol. The molecule has 2 amide bonds. The highest BCUT2D eigenvalue weighted by Gasteiger charge is 2.55. The number of carbonyl (C=O) groups excluding carboxylic acids is 2. The third-order valence-corrected chi connectivity index (χ3v) is 3.32. The minimum atomic E-state index is -1.44. The molecule has 17 heavy (non-hydrogen) atoms. The van der Waals surface area contributed by atoms with E-state index in [-0.39, 0.29) is 5.56 Å². The Morgan fingerprint density at radius 2 is 2.18 bits per heavy atom. The normalized spacial score (nSPS) is 26.0. The number of benzene rings is 1. The summed E-state index contributed by atoms with van der Waals surface area (Å²) in [5.74, 6) is -1.05. The van der Waals surface area contributed by atoms with Crippen LogP contribution in [0.4, 0.5) is 9.18 Å². The fourth-order valence-corrected chi connectivity index (χ4v) is 2.65. The Bertz CT molecular complexity index is 555. The van der Waals surface area contributed by atoms with Gasteiger partial charge in [0.05, 0.1) is 0 Å². The van der Waals surface area contributed by atoms with Gasteiger partial charge < -0.3 is 4.74 Å². The molecule has 3 rings (SSSR count). The fraction of sp³-hybridized carbons (Fsp3) is 0.333. The molecule has 0 aromatic heterocycles. The largest absolute Gasteiger partial charge is 0.427 e. The number of carbonyl (C=O) groups is 2. The molecule has 1 heterocycles. The number of rotatable bonds is 0. The molecule has 0 radical (unpaired) electrons. The van der Waals surface area contributed by atoms with Crippen molar-refractivity contribution in [3.05, 3.63) is 34.6 Å². The monoisotopic (exact) mass is 235 g/mol. The average molecular weight is 235 g/mol. The number of nitrogens with one attached hydrogen (secondary N) is 1. The summed E-state index contributed by atoms with van der Waals surface area (Å²) in [4.78, 5) is 22.9. The first-order chi connectivity index (χ1) is 8.03. The Hall–Kier alpha value is -1.91. The quantitative estimate of drug-likeness (QED) is 0.742. The van der Waals surface area contributed by atoms with Gasteiger partial charge in [-0.1, -0.05) is 6.07 Å². The number of amides is 2. The number of alkyl carbamates (subject to hydrolysis) is 1. The van der Waals surface area contributed by atoms with Crippen molar-refractivity contribution in [3.63, 3.8) is 0 Å². The van der Waals surface area contributed by atoms with Crippen molar-refractivity contribution < 1.29 is 18.7 Å². The van der Waals surface area contributed by atoms with Crippen molar-refractivity contribution in [3.8, 4) is 0 Å². The molecule has 1 fully saturated rings. The third kappa shape index (κ3) is 1.22. The smallest absolute Gasteiger partial charge is 0.415 e. The SMILES string of the molecule is Cc1cc(F)c2c(c1)CCC21OC(=O)NC1=O. The van der Waals surface area contributed by atoms with E-state index in [0.717, 1.165) is 11.1 Å². The predicted octanol–water partition coefficient (Wildman–Crippen LogP) is 1.54. The van der Waals surface area contributed by atoms with Crippen molar-refractivity contribution in [1.82, 2.24) is 5.32 Å². The first kappa shape index (κ1) is 10.3. The molecule has 5 heteroatoms. The third-order valence-electron chi connectivity index (χ3n) is 3.32. The highest BCUT2D eigenvalue weighted by Crippen LogP contribution is 2.44. The van der Waals surface area contributed by atoms with Crippen molar-refractivity contribution in [2.24, 2.45) is 0 Å². The molecule has 1 spiro atoms. The molecule has 1 aliphatic heterocycles. The van der Waals surface area contributed by atoms with Crippen molar-refractivity contribution in [1.29, 1.82) is 0 Å². The van der Waals surface area contributed by atoms with Crippen LogP contribution in [0.1, 0.15) is 23.1 Å². The highest BCUT2D eigenvalue weighted by molar-refractivity contribution is 6.04. The fourth-order valence-electron chi connectivity index (χ4n) is 2.65. The number of aryl methyl sites for hydroxylation is 2. The van der Waals surface area contributed by atoms with Gasteiger partial charge in [-0.3, -0.25) is 10.1 Å². The lowest BCUT2D eigenvalue weighted by molar-refractivity contribution is -0.132. The Labute approximate surface area is 96.8 Å². The summed E-state index contributed by atoms with van der Waals surface area (Å²) >= 11 is 0. The summed E-state index contributed by atoms with van der Waals surface area (Å²) in [7, 11) is 0. The molecule has 4 nitrogen and oxygen atoms in total. The van der Waals surface area contributed by atoms with E-state index >= 15 is 0 Å². The zero-order valence-electron chi connectivity index (χ0n) is 9.17. The second-order valence-corrected chi connectivity index (χ2v) is 4.45. The van der Waals surface area contributed by atoms with Crippen LogP contribution in [0.15, 0.2) is 12.1 Å². The Morgan fingerprint density at radius 1 is 1.41 bits per heavy atom. The lowest BCUT2D eigenvalue weighted by Crippen LogP contribution is -2.35. The first-order valence-corrected chi connectivity index (χ1v) is 5.37. The van der Waals surface area contributed by atoms with E-state index in [4.69, 9.17) is 4.74 Å². The number of fused-ring (bicyclic) bond motifs is 2. The van der Waals surface area contributed by atoms with E-state index in [2.05, 4.69) is 5.32 Å². The van der Waals surface area contributed by atoms with Gasteiger partial charge in [0.2, 0.25) is 5.60 Å². The van der Waals surface area contributed by atoms with Crippen LogP contribution in [0.2, 0.25) is 0 Å². The number of imide groups is 1. The van der Waals surface area contributed by atoms with Gasteiger partial charge >= 0.3 is 6.09 Å². The van der Waals surface area contributed by atoms with E-state index in [1.165, 1.54) is 6.07 Å². The number of hydrogen-bond acceptors (Lipinski definition) is 3. The summed E-state index contributed by atoms with van der Waals surface area (Å²) < 4.78 is 19.0. The molecular weight excluding hydrogens is 225 g/mol. The maximum absolute atomic E-state index is 14.0. The van der Waals surface area contributed by atoms with Crippen LogP contribution in [0.3, 0.4) is 0 Å². The first-order valence-electron chi connectivity index (χ1n) is 5.37. The van der Waals surface area contributed by atoms with E-state index in [9.17, 15) is 14.0 Å². The van der Waals surface area contributed by atoms with Crippen molar-refractivity contribution in [2.75, 3.05) is 0 Å². The molecule has 1 aliphatic carbocycles. The molecule has 2 aliphatic rings. The molecule has 88 valence electrons. The maximum Gasteiger partial charge on any atom is 0.415 e. The molecule has 1 atom stereocenters. The zero-order valence-corrected chi connectivity index (χ0v) is 9.17. The Kier molecular flexibility index (Phi) is 1.85. The Morgan fingerprint density at radius 3 is 2.82 bits per heavy atom. The number of hydrogen-bond donors (Lipinski definition) is 1. The van der Waals surface area contributed by atoms with Gasteiger partial charge in [-0.15, -0.1) is 0 Å². The van der Waals surface area contributed by atoms with Crippen LogP contribution < -0.4 is 5.32 Å². The number of ether oxygens (including phenoxy) is 1.